The molecule has 2 aromatic rings. The summed E-state index contributed by atoms with van der Waals surface area (Å²) in [5.41, 5.74) is 0. The fraction of sp³-hybridized carbons (Fsp3) is 0.471. The number of nitrogens with zero attached hydrogens (tertiary/aromatic N) is 1. The molecule has 21 heavy (non-hydrogen) atoms. The summed E-state index contributed by atoms with van der Waals surface area (Å²) in [6, 6.07) is 7.98. The number of hydrogen-bond acceptors (Lipinski definition) is 4. The van der Waals surface area contributed by atoms with Gasteiger partial charge in [-0.2, -0.15) is 0 Å². The third-order valence-electron chi connectivity index (χ3n) is 4.30. The van der Waals surface area contributed by atoms with Crippen molar-refractivity contribution in [1.29, 1.82) is 0 Å². The van der Waals surface area contributed by atoms with Gasteiger partial charge in [0.1, 0.15) is 11.6 Å². The molecule has 1 aromatic heterocycles. The highest BCUT2D eigenvalue weighted by atomic mass is 16.5. The molecule has 0 spiro atoms. The molecule has 112 valence electrons. The van der Waals surface area contributed by atoms with Gasteiger partial charge in [0, 0.05) is 23.5 Å². The van der Waals surface area contributed by atoms with Crippen LogP contribution in [0.15, 0.2) is 30.5 Å². The number of fused-ring (bicyclic) bond motifs is 1. The molecule has 1 aromatic carbocycles. The second kappa shape index (κ2) is 6.31. The standard InChI is InChI=1S/C17H22N2O2/c1-21-16-7-3-6-15-14(16)8-9-18-17(15)19-11-12-4-2-5-13(20)10-12/h3,6-9,12-13,20H,2,4-5,10-11H2,1H3,(H,18,19). The van der Waals surface area contributed by atoms with Crippen LogP contribution in [-0.4, -0.2) is 29.8 Å². The quantitative estimate of drug-likeness (QED) is 0.906. The maximum atomic E-state index is 9.76. The lowest BCUT2D eigenvalue weighted by molar-refractivity contribution is 0.104. The van der Waals surface area contributed by atoms with Crippen molar-refractivity contribution in [2.45, 2.75) is 31.8 Å². The van der Waals surface area contributed by atoms with Crippen molar-refractivity contribution in [3.8, 4) is 5.75 Å². The van der Waals surface area contributed by atoms with Crippen LogP contribution >= 0.6 is 0 Å². The predicted molar refractivity (Wildman–Crippen MR) is 84.7 cm³/mol. The highest BCUT2D eigenvalue weighted by molar-refractivity contribution is 5.95. The van der Waals surface area contributed by atoms with Gasteiger partial charge in [-0.05, 0) is 37.3 Å². The van der Waals surface area contributed by atoms with E-state index >= 15 is 0 Å². The van der Waals surface area contributed by atoms with Crippen molar-refractivity contribution < 1.29 is 9.84 Å². The summed E-state index contributed by atoms with van der Waals surface area (Å²) in [6.45, 7) is 0.861. The van der Waals surface area contributed by atoms with E-state index in [4.69, 9.17) is 4.74 Å². The monoisotopic (exact) mass is 286 g/mol. The van der Waals surface area contributed by atoms with Crippen LogP contribution in [0, 0.1) is 5.92 Å². The molecule has 2 atom stereocenters. The molecule has 1 heterocycles. The van der Waals surface area contributed by atoms with E-state index in [9.17, 15) is 5.11 Å². The average molecular weight is 286 g/mol. The third-order valence-corrected chi connectivity index (χ3v) is 4.30. The van der Waals surface area contributed by atoms with Gasteiger partial charge in [-0.1, -0.05) is 18.6 Å². The number of nitrogens with one attached hydrogen (secondary N) is 1. The van der Waals surface area contributed by atoms with E-state index in [0.29, 0.717) is 5.92 Å². The topological polar surface area (TPSA) is 54.4 Å². The number of ether oxygens (including phenoxy) is 1. The highest BCUT2D eigenvalue weighted by Crippen LogP contribution is 2.30. The molecule has 2 unspecified atom stereocenters. The number of benzene rings is 1. The van der Waals surface area contributed by atoms with Gasteiger partial charge in [0.25, 0.3) is 0 Å². The Kier molecular flexibility index (Phi) is 4.25. The van der Waals surface area contributed by atoms with Gasteiger partial charge in [0.15, 0.2) is 0 Å². The molecular formula is C17H22N2O2. The predicted octanol–water partition coefficient (Wildman–Crippen LogP) is 3.21. The first-order chi connectivity index (χ1) is 10.3. The minimum atomic E-state index is -0.133. The molecule has 0 aliphatic heterocycles. The summed E-state index contributed by atoms with van der Waals surface area (Å²) >= 11 is 0. The smallest absolute Gasteiger partial charge is 0.133 e. The van der Waals surface area contributed by atoms with Gasteiger partial charge < -0.3 is 15.2 Å². The summed E-state index contributed by atoms with van der Waals surface area (Å²) in [5, 5.41) is 15.4. The molecule has 1 fully saturated rings. The number of aliphatic hydroxyl groups is 1. The van der Waals surface area contributed by atoms with Gasteiger partial charge in [-0.25, -0.2) is 4.98 Å². The van der Waals surface area contributed by atoms with Gasteiger partial charge in [-0.3, -0.25) is 0 Å². The fourth-order valence-electron chi connectivity index (χ4n) is 3.19. The Hall–Kier alpha value is -1.81. The highest BCUT2D eigenvalue weighted by Gasteiger charge is 2.20. The summed E-state index contributed by atoms with van der Waals surface area (Å²) in [7, 11) is 1.69. The molecule has 1 aliphatic rings. The van der Waals surface area contributed by atoms with Crippen LogP contribution in [-0.2, 0) is 0 Å². The van der Waals surface area contributed by atoms with E-state index in [1.165, 1.54) is 6.42 Å². The first kappa shape index (κ1) is 14.1. The summed E-state index contributed by atoms with van der Waals surface area (Å²) in [4.78, 5) is 4.46. The van der Waals surface area contributed by atoms with Crippen molar-refractivity contribution in [2.24, 2.45) is 5.92 Å². The largest absolute Gasteiger partial charge is 0.496 e. The number of pyridine rings is 1. The second-order valence-electron chi connectivity index (χ2n) is 5.78. The maximum Gasteiger partial charge on any atom is 0.133 e. The van der Waals surface area contributed by atoms with Crippen LogP contribution in [0.4, 0.5) is 5.82 Å². The lowest BCUT2D eigenvalue weighted by Crippen LogP contribution is -2.25. The van der Waals surface area contributed by atoms with E-state index in [2.05, 4.69) is 16.4 Å². The Morgan fingerprint density at radius 3 is 3.00 bits per heavy atom. The number of aliphatic hydroxyl groups excluding tert-OH is 1. The molecule has 4 nitrogen and oxygen atoms in total. The van der Waals surface area contributed by atoms with E-state index < -0.39 is 0 Å². The molecular weight excluding hydrogens is 264 g/mol. The average Bonchev–Trinajstić information content (AvgIpc) is 2.52. The Morgan fingerprint density at radius 1 is 1.29 bits per heavy atom. The molecule has 3 rings (SSSR count). The summed E-state index contributed by atoms with van der Waals surface area (Å²) in [6.07, 6.45) is 5.80. The van der Waals surface area contributed by atoms with Gasteiger partial charge in [0.05, 0.1) is 13.2 Å². The number of hydrogen-bond donors (Lipinski definition) is 2. The Bertz CT molecular complexity index is 615. The molecule has 0 saturated heterocycles. The van der Waals surface area contributed by atoms with Crippen molar-refractivity contribution >= 4 is 16.6 Å². The van der Waals surface area contributed by atoms with Crippen molar-refractivity contribution in [1.82, 2.24) is 4.98 Å². The number of aromatic nitrogens is 1. The van der Waals surface area contributed by atoms with Crippen LogP contribution in [0.25, 0.3) is 10.8 Å². The van der Waals surface area contributed by atoms with Gasteiger partial charge in [0.2, 0.25) is 0 Å². The zero-order valence-corrected chi connectivity index (χ0v) is 12.4. The number of rotatable bonds is 4. The Balaban J connectivity index is 1.78. The Labute approximate surface area is 125 Å². The van der Waals surface area contributed by atoms with Crippen LogP contribution < -0.4 is 10.1 Å². The van der Waals surface area contributed by atoms with E-state index in [1.54, 1.807) is 7.11 Å². The zero-order chi connectivity index (χ0) is 14.7. The number of methoxy groups -OCH3 is 1. The zero-order valence-electron chi connectivity index (χ0n) is 12.4. The fourth-order valence-corrected chi connectivity index (χ4v) is 3.19. The second-order valence-corrected chi connectivity index (χ2v) is 5.78. The summed E-state index contributed by atoms with van der Waals surface area (Å²) < 4.78 is 5.40. The molecule has 0 radical (unpaired) electrons. The molecule has 0 amide bonds. The first-order valence-electron chi connectivity index (χ1n) is 7.61. The lowest BCUT2D eigenvalue weighted by atomic mass is 9.87. The third kappa shape index (κ3) is 3.10. The minimum Gasteiger partial charge on any atom is -0.496 e. The first-order valence-corrected chi connectivity index (χ1v) is 7.61. The van der Waals surface area contributed by atoms with Gasteiger partial charge in [-0.15, -0.1) is 0 Å². The lowest BCUT2D eigenvalue weighted by Gasteiger charge is -2.26. The molecule has 2 N–H and O–H groups in total. The van der Waals surface area contributed by atoms with Crippen LogP contribution in [0.2, 0.25) is 0 Å². The SMILES string of the molecule is COc1cccc2c(NCC3CCCC(O)C3)nccc12. The van der Waals surface area contributed by atoms with Crippen LogP contribution in [0.1, 0.15) is 25.7 Å². The molecule has 1 saturated carbocycles. The maximum absolute atomic E-state index is 9.76. The van der Waals surface area contributed by atoms with Crippen molar-refractivity contribution in [3.63, 3.8) is 0 Å². The normalized spacial score (nSPS) is 22.2. The van der Waals surface area contributed by atoms with Crippen molar-refractivity contribution in [2.75, 3.05) is 19.0 Å². The molecule has 0 bridgehead atoms. The minimum absolute atomic E-state index is 0.133. The van der Waals surface area contributed by atoms with Crippen LogP contribution in [0.5, 0.6) is 5.75 Å². The van der Waals surface area contributed by atoms with Gasteiger partial charge >= 0.3 is 0 Å². The van der Waals surface area contributed by atoms with E-state index in [0.717, 1.165) is 48.1 Å². The summed E-state index contributed by atoms with van der Waals surface area (Å²) in [5.74, 6) is 2.29. The Morgan fingerprint density at radius 2 is 2.19 bits per heavy atom. The molecule has 4 heteroatoms. The van der Waals surface area contributed by atoms with Crippen molar-refractivity contribution in [3.05, 3.63) is 30.5 Å². The molecule has 1 aliphatic carbocycles. The van der Waals surface area contributed by atoms with E-state index in [-0.39, 0.29) is 6.10 Å². The number of anilines is 1. The van der Waals surface area contributed by atoms with E-state index in [1.807, 2.05) is 24.4 Å². The van der Waals surface area contributed by atoms with Crippen LogP contribution in [0.3, 0.4) is 0 Å².